The van der Waals surface area contributed by atoms with Crippen LogP contribution in [0.5, 0.6) is 0 Å². The Morgan fingerprint density at radius 1 is 1.35 bits per heavy atom. The van der Waals surface area contributed by atoms with Crippen molar-refractivity contribution in [2.75, 3.05) is 0 Å². The van der Waals surface area contributed by atoms with Gasteiger partial charge < -0.3 is 4.42 Å². The van der Waals surface area contributed by atoms with Gasteiger partial charge in [-0.05, 0) is 31.2 Å². The minimum Gasteiger partial charge on any atom is -0.434 e. The first kappa shape index (κ1) is 10.2. The van der Waals surface area contributed by atoms with E-state index in [0.717, 1.165) is 4.88 Å². The molecule has 0 unspecified atom stereocenters. The van der Waals surface area contributed by atoms with Gasteiger partial charge in [0.25, 0.3) is 0 Å². The second kappa shape index (κ2) is 3.78. The number of rotatable bonds is 2. The van der Waals surface area contributed by atoms with Crippen molar-refractivity contribution in [3.05, 3.63) is 35.3 Å². The number of nitrogens with zero attached hydrogens (tertiary/aromatic N) is 2. The molecule has 0 fully saturated rings. The second-order valence-electron chi connectivity index (χ2n) is 3.56. The number of fused-ring (bicyclic) bond motifs is 1. The van der Waals surface area contributed by atoms with Crippen molar-refractivity contribution in [3.63, 3.8) is 0 Å². The van der Waals surface area contributed by atoms with Gasteiger partial charge in [0.05, 0.1) is 9.75 Å². The monoisotopic (exact) mass is 244 g/mol. The third-order valence-electron chi connectivity index (χ3n) is 2.33. The van der Waals surface area contributed by atoms with E-state index in [1.807, 2.05) is 12.1 Å². The zero-order valence-corrected chi connectivity index (χ0v) is 9.82. The first-order valence-corrected chi connectivity index (χ1v) is 5.88. The summed E-state index contributed by atoms with van der Waals surface area (Å²) in [6, 6.07) is 7.24. The van der Waals surface area contributed by atoms with Crippen molar-refractivity contribution < 1.29 is 9.21 Å². The Morgan fingerprint density at radius 2 is 2.24 bits per heavy atom. The first-order chi connectivity index (χ1) is 8.24. The lowest BCUT2D eigenvalue weighted by molar-refractivity contribution is 0.102. The summed E-state index contributed by atoms with van der Waals surface area (Å²) in [6.45, 7) is 1.54. The van der Waals surface area contributed by atoms with Crippen LogP contribution in [0.3, 0.4) is 0 Å². The van der Waals surface area contributed by atoms with Crippen LogP contribution in [0.2, 0.25) is 0 Å². The van der Waals surface area contributed by atoms with Crippen molar-refractivity contribution in [2.45, 2.75) is 6.92 Å². The third kappa shape index (κ3) is 1.74. The summed E-state index contributed by atoms with van der Waals surface area (Å²) in [5.74, 6) is 0.562. The Labute approximate surface area is 101 Å². The average molecular weight is 244 g/mol. The molecule has 0 N–H and O–H groups in total. The molecule has 3 heterocycles. The molecule has 0 aliphatic carbocycles. The van der Waals surface area contributed by atoms with Crippen molar-refractivity contribution in [3.8, 4) is 10.8 Å². The first-order valence-electron chi connectivity index (χ1n) is 5.07. The largest absolute Gasteiger partial charge is 0.434 e. The fraction of sp³-hybridized carbons (Fsp3) is 0.0833. The highest BCUT2D eigenvalue weighted by Crippen LogP contribution is 2.29. The van der Waals surface area contributed by atoms with Crippen molar-refractivity contribution in [2.24, 2.45) is 0 Å². The number of hydrogen-bond donors (Lipinski definition) is 0. The molecule has 0 aliphatic rings. The molecule has 3 aromatic heterocycles. The maximum atomic E-state index is 11.2. The number of oxazole rings is 1. The molecule has 0 spiro atoms. The molecule has 0 saturated carbocycles. The summed E-state index contributed by atoms with van der Waals surface area (Å²) in [7, 11) is 0. The van der Waals surface area contributed by atoms with Crippen LogP contribution in [0.15, 0.2) is 34.9 Å². The number of aromatic nitrogens is 2. The number of carbonyl (C=O) groups excluding carboxylic acids is 1. The van der Waals surface area contributed by atoms with E-state index >= 15 is 0 Å². The van der Waals surface area contributed by atoms with E-state index in [0.29, 0.717) is 22.0 Å². The second-order valence-corrected chi connectivity index (χ2v) is 4.65. The van der Waals surface area contributed by atoms with Crippen LogP contribution in [-0.4, -0.2) is 15.8 Å². The number of Topliss-reactive ketones (excluding diaryl/α,β-unsaturated/α-hetero) is 1. The molecule has 5 heteroatoms. The fourth-order valence-electron chi connectivity index (χ4n) is 1.52. The predicted octanol–water partition coefficient (Wildman–Crippen LogP) is 3.15. The maximum absolute atomic E-state index is 11.2. The summed E-state index contributed by atoms with van der Waals surface area (Å²) in [5.41, 5.74) is 1.24. The van der Waals surface area contributed by atoms with Crippen LogP contribution in [-0.2, 0) is 0 Å². The Kier molecular flexibility index (Phi) is 2.26. The normalized spacial score (nSPS) is 10.9. The van der Waals surface area contributed by atoms with Gasteiger partial charge in [-0.15, -0.1) is 11.3 Å². The van der Waals surface area contributed by atoms with Gasteiger partial charge in [-0.25, -0.2) is 4.98 Å². The van der Waals surface area contributed by atoms with Crippen molar-refractivity contribution in [1.82, 2.24) is 9.97 Å². The van der Waals surface area contributed by atoms with E-state index in [4.69, 9.17) is 4.42 Å². The SMILES string of the molecule is CC(=O)c1ccc(-c2nc3ncccc3o2)s1. The molecule has 84 valence electrons. The molecule has 17 heavy (non-hydrogen) atoms. The van der Waals surface area contributed by atoms with Crippen LogP contribution >= 0.6 is 11.3 Å². The zero-order chi connectivity index (χ0) is 11.8. The van der Waals surface area contributed by atoms with E-state index in [1.54, 1.807) is 25.3 Å². The minimum absolute atomic E-state index is 0.0514. The molecular weight excluding hydrogens is 236 g/mol. The minimum atomic E-state index is 0.0514. The van der Waals surface area contributed by atoms with Gasteiger partial charge in [-0.2, -0.15) is 4.98 Å². The highest BCUT2D eigenvalue weighted by molar-refractivity contribution is 7.17. The standard InChI is InChI=1S/C12H8N2O2S/c1-7(15)9-4-5-10(17-9)12-14-11-8(16-12)3-2-6-13-11/h2-6H,1H3. The van der Waals surface area contributed by atoms with Crippen LogP contribution in [0.25, 0.3) is 22.0 Å². The summed E-state index contributed by atoms with van der Waals surface area (Å²) in [6.07, 6.45) is 1.67. The zero-order valence-electron chi connectivity index (χ0n) is 9.01. The molecule has 0 radical (unpaired) electrons. The van der Waals surface area contributed by atoms with Crippen LogP contribution < -0.4 is 0 Å². The van der Waals surface area contributed by atoms with Gasteiger partial charge in [0.15, 0.2) is 17.0 Å². The molecule has 0 amide bonds. The highest BCUT2D eigenvalue weighted by Gasteiger charge is 2.12. The summed E-state index contributed by atoms with van der Waals surface area (Å²) in [4.78, 5) is 21.1. The van der Waals surface area contributed by atoms with E-state index in [-0.39, 0.29) is 5.78 Å². The van der Waals surface area contributed by atoms with E-state index < -0.39 is 0 Å². The number of pyridine rings is 1. The van der Waals surface area contributed by atoms with Gasteiger partial charge in [-0.1, -0.05) is 0 Å². The lowest BCUT2D eigenvalue weighted by Crippen LogP contribution is -1.83. The van der Waals surface area contributed by atoms with E-state index in [1.165, 1.54) is 11.3 Å². The Morgan fingerprint density at radius 3 is 2.94 bits per heavy atom. The molecule has 3 rings (SSSR count). The topological polar surface area (TPSA) is 56.0 Å². The van der Waals surface area contributed by atoms with Gasteiger partial charge in [0.2, 0.25) is 5.89 Å². The highest BCUT2D eigenvalue weighted by atomic mass is 32.1. The molecule has 0 atom stereocenters. The van der Waals surface area contributed by atoms with Crippen molar-refractivity contribution in [1.29, 1.82) is 0 Å². The van der Waals surface area contributed by atoms with Gasteiger partial charge in [0, 0.05) is 6.20 Å². The molecule has 0 aliphatic heterocycles. The van der Waals surface area contributed by atoms with Gasteiger partial charge in [-0.3, -0.25) is 4.79 Å². The number of ketones is 1. The average Bonchev–Trinajstić information content (AvgIpc) is 2.95. The van der Waals surface area contributed by atoms with E-state index in [2.05, 4.69) is 9.97 Å². The van der Waals surface area contributed by atoms with E-state index in [9.17, 15) is 4.79 Å². The van der Waals surface area contributed by atoms with Crippen molar-refractivity contribution >= 4 is 28.4 Å². The van der Waals surface area contributed by atoms with Gasteiger partial charge in [0.1, 0.15) is 0 Å². The van der Waals surface area contributed by atoms with Crippen LogP contribution in [0.1, 0.15) is 16.6 Å². The Bertz CT molecular complexity index is 666. The molecule has 0 bridgehead atoms. The lowest BCUT2D eigenvalue weighted by Gasteiger charge is -1.86. The molecule has 3 aromatic rings. The lowest BCUT2D eigenvalue weighted by atomic mass is 10.3. The fourth-order valence-corrected chi connectivity index (χ4v) is 2.34. The number of thiophene rings is 1. The molecule has 0 aromatic carbocycles. The third-order valence-corrected chi connectivity index (χ3v) is 3.50. The quantitative estimate of drug-likeness (QED) is 0.650. The number of carbonyl (C=O) groups is 1. The summed E-state index contributed by atoms with van der Waals surface area (Å²) >= 11 is 1.38. The van der Waals surface area contributed by atoms with Gasteiger partial charge >= 0.3 is 0 Å². The molecule has 0 saturated heterocycles. The Balaban J connectivity index is 2.10. The smallest absolute Gasteiger partial charge is 0.239 e. The van der Waals surface area contributed by atoms with Crippen LogP contribution in [0, 0.1) is 0 Å². The summed E-state index contributed by atoms with van der Waals surface area (Å²) < 4.78 is 5.57. The molecule has 4 nitrogen and oxygen atoms in total. The summed E-state index contributed by atoms with van der Waals surface area (Å²) in [5, 5.41) is 0. The van der Waals surface area contributed by atoms with Crippen LogP contribution in [0.4, 0.5) is 0 Å². The number of hydrogen-bond acceptors (Lipinski definition) is 5. The molecular formula is C12H8N2O2S. The Hall–Kier alpha value is -2.01. The predicted molar refractivity (Wildman–Crippen MR) is 65.1 cm³/mol. The maximum Gasteiger partial charge on any atom is 0.239 e.